The zero-order valence-electron chi connectivity index (χ0n) is 10.1. The normalized spacial score (nSPS) is 10.0. The van der Waals surface area contributed by atoms with Gasteiger partial charge in [-0.2, -0.15) is 5.26 Å². The maximum absolute atomic E-state index is 8.88. The topological polar surface area (TPSA) is 58.2 Å². The first-order valence-corrected chi connectivity index (χ1v) is 5.62. The van der Waals surface area contributed by atoms with Crippen LogP contribution in [-0.2, 0) is 13.1 Å². The van der Waals surface area contributed by atoms with E-state index >= 15 is 0 Å². The summed E-state index contributed by atoms with van der Waals surface area (Å²) >= 11 is 0. The first kappa shape index (κ1) is 12.2. The molecule has 0 aliphatic rings. The standard InChI is InChI=1S/C14H14N2O2/c1-17-14-3-2-11(7-15)6-13(14)9-16-8-12-4-5-18-10-12/h2-6,10,16H,8-9H2,1H3. The van der Waals surface area contributed by atoms with Gasteiger partial charge in [0.1, 0.15) is 5.75 Å². The Morgan fingerprint density at radius 2 is 2.22 bits per heavy atom. The molecule has 1 aromatic heterocycles. The molecule has 0 spiro atoms. The van der Waals surface area contributed by atoms with Crippen LogP contribution in [0.5, 0.6) is 5.75 Å². The lowest BCUT2D eigenvalue weighted by atomic mass is 10.1. The number of benzene rings is 1. The third-order valence-electron chi connectivity index (χ3n) is 2.63. The summed E-state index contributed by atoms with van der Waals surface area (Å²) in [7, 11) is 1.63. The molecule has 2 aromatic rings. The van der Waals surface area contributed by atoms with E-state index in [1.165, 1.54) is 0 Å². The van der Waals surface area contributed by atoms with Crippen LogP contribution in [0.25, 0.3) is 0 Å². The summed E-state index contributed by atoms with van der Waals surface area (Å²) in [6.45, 7) is 1.36. The van der Waals surface area contributed by atoms with Crippen LogP contribution in [0.1, 0.15) is 16.7 Å². The van der Waals surface area contributed by atoms with Crippen molar-refractivity contribution in [2.24, 2.45) is 0 Å². The van der Waals surface area contributed by atoms with Crippen molar-refractivity contribution in [3.05, 3.63) is 53.5 Å². The van der Waals surface area contributed by atoms with Gasteiger partial charge in [0.05, 0.1) is 31.3 Å². The van der Waals surface area contributed by atoms with Crippen molar-refractivity contribution in [2.75, 3.05) is 7.11 Å². The van der Waals surface area contributed by atoms with Crippen LogP contribution >= 0.6 is 0 Å². The first-order valence-electron chi connectivity index (χ1n) is 5.62. The molecular weight excluding hydrogens is 228 g/mol. The molecule has 0 amide bonds. The fourth-order valence-corrected chi connectivity index (χ4v) is 1.72. The summed E-state index contributed by atoms with van der Waals surface area (Å²) in [5, 5.41) is 12.2. The molecule has 0 unspecified atom stereocenters. The molecule has 4 heteroatoms. The smallest absolute Gasteiger partial charge is 0.123 e. The van der Waals surface area contributed by atoms with Gasteiger partial charge in [-0.25, -0.2) is 0 Å². The van der Waals surface area contributed by atoms with Crippen molar-refractivity contribution in [3.63, 3.8) is 0 Å². The zero-order chi connectivity index (χ0) is 12.8. The van der Waals surface area contributed by atoms with Gasteiger partial charge in [-0.15, -0.1) is 0 Å². The number of nitrogens with zero attached hydrogens (tertiary/aromatic N) is 1. The van der Waals surface area contributed by atoms with Crippen molar-refractivity contribution < 1.29 is 9.15 Å². The molecule has 0 radical (unpaired) electrons. The Bertz CT molecular complexity index is 541. The van der Waals surface area contributed by atoms with E-state index in [0.29, 0.717) is 12.1 Å². The van der Waals surface area contributed by atoms with E-state index in [1.54, 1.807) is 25.7 Å². The summed E-state index contributed by atoms with van der Waals surface area (Å²) in [6, 6.07) is 9.43. The first-order chi connectivity index (χ1) is 8.83. The molecule has 1 N–H and O–H groups in total. The minimum atomic E-state index is 0.635. The van der Waals surface area contributed by atoms with Crippen molar-refractivity contribution in [1.29, 1.82) is 5.26 Å². The second-order valence-electron chi connectivity index (χ2n) is 3.87. The van der Waals surface area contributed by atoms with Gasteiger partial charge in [0.25, 0.3) is 0 Å². The van der Waals surface area contributed by atoms with E-state index in [4.69, 9.17) is 14.4 Å². The summed E-state index contributed by atoms with van der Waals surface area (Å²) in [6.07, 6.45) is 3.35. The number of rotatable bonds is 5. The second kappa shape index (κ2) is 5.89. The van der Waals surface area contributed by atoms with Gasteiger partial charge in [-0.3, -0.25) is 0 Å². The van der Waals surface area contributed by atoms with E-state index < -0.39 is 0 Å². The maximum Gasteiger partial charge on any atom is 0.123 e. The Morgan fingerprint density at radius 3 is 2.89 bits per heavy atom. The Hall–Kier alpha value is -2.25. The molecule has 92 valence electrons. The van der Waals surface area contributed by atoms with Crippen molar-refractivity contribution in [1.82, 2.24) is 5.32 Å². The van der Waals surface area contributed by atoms with Crippen LogP contribution < -0.4 is 10.1 Å². The molecule has 2 rings (SSSR count). The molecule has 1 aromatic carbocycles. The van der Waals surface area contributed by atoms with Crippen LogP contribution in [0.15, 0.2) is 41.2 Å². The highest BCUT2D eigenvalue weighted by Gasteiger charge is 2.04. The van der Waals surface area contributed by atoms with Crippen LogP contribution in [0.2, 0.25) is 0 Å². The van der Waals surface area contributed by atoms with Crippen LogP contribution in [0.4, 0.5) is 0 Å². The largest absolute Gasteiger partial charge is 0.496 e. The minimum Gasteiger partial charge on any atom is -0.496 e. The minimum absolute atomic E-state index is 0.635. The van der Waals surface area contributed by atoms with E-state index in [9.17, 15) is 0 Å². The van der Waals surface area contributed by atoms with Crippen molar-refractivity contribution in [3.8, 4) is 11.8 Å². The van der Waals surface area contributed by atoms with Gasteiger partial charge < -0.3 is 14.5 Å². The van der Waals surface area contributed by atoms with Gasteiger partial charge in [0.15, 0.2) is 0 Å². The molecular formula is C14H14N2O2. The number of furan rings is 1. The molecule has 0 saturated carbocycles. The van der Waals surface area contributed by atoms with Gasteiger partial charge in [0.2, 0.25) is 0 Å². The number of ether oxygens (including phenoxy) is 1. The number of methoxy groups -OCH3 is 1. The molecule has 0 atom stereocenters. The predicted molar refractivity (Wildman–Crippen MR) is 67.0 cm³/mol. The Labute approximate surface area is 106 Å². The van der Waals surface area contributed by atoms with Crippen molar-refractivity contribution in [2.45, 2.75) is 13.1 Å². The van der Waals surface area contributed by atoms with Gasteiger partial charge in [0, 0.05) is 24.2 Å². The average molecular weight is 242 g/mol. The van der Waals surface area contributed by atoms with Crippen LogP contribution in [0.3, 0.4) is 0 Å². The molecule has 0 aliphatic carbocycles. The third kappa shape index (κ3) is 2.90. The Kier molecular flexibility index (Phi) is 4.00. The van der Waals surface area contributed by atoms with E-state index in [0.717, 1.165) is 23.4 Å². The number of nitriles is 1. The summed E-state index contributed by atoms with van der Waals surface area (Å²) in [5.74, 6) is 0.786. The highest BCUT2D eigenvalue weighted by atomic mass is 16.5. The Balaban J connectivity index is 2.01. The SMILES string of the molecule is COc1ccc(C#N)cc1CNCc1ccoc1. The van der Waals surface area contributed by atoms with E-state index in [1.807, 2.05) is 18.2 Å². The summed E-state index contributed by atoms with van der Waals surface area (Å²) in [4.78, 5) is 0. The predicted octanol–water partition coefficient (Wildman–Crippen LogP) is 2.45. The van der Waals surface area contributed by atoms with Crippen LogP contribution in [0, 0.1) is 11.3 Å². The maximum atomic E-state index is 8.88. The lowest BCUT2D eigenvalue weighted by Crippen LogP contribution is -2.13. The molecule has 0 aliphatic heterocycles. The molecule has 0 bridgehead atoms. The second-order valence-corrected chi connectivity index (χ2v) is 3.87. The molecule has 0 saturated heterocycles. The molecule has 0 fully saturated rings. The lowest BCUT2D eigenvalue weighted by Gasteiger charge is -2.09. The lowest BCUT2D eigenvalue weighted by molar-refractivity contribution is 0.407. The quantitative estimate of drug-likeness (QED) is 0.875. The average Bonchev–Trinajstić information content (AvgIpc) is 2.92. The molecule has 4 nitrogen and oxygen atoms in total. The monoisotopic (exact) mass is 242 g/mol. The highest BCUT2D eigenvalue weighted by molar-refractivity contribution is 5.42. The molecule has 18 heavy (non-hydrogen) atoms. The van der Waals surface area contributed by atoms with E-state index in [-0.39, 0.29) is 0 Å². The zero-order valence-corrected chi connectivity index (χ0v) is 10.1. The molecule has 1 heterocycles. The van der Waals surface area contributed by atoms with Gasteiger partial charge in [-0.05, 0) is 24.3 Å². The Morgan fingerprint density at radius 1 is 1.33 bits per heavy atom. The van der Waals surface area contributed by atoms with Gasteiger partial charge in [-0.1, -0.05) is 0 Å². The number of hydrogen-bond acceptors (Lipinski definition) is 4. The fraction of sp³-hybridized carbons (Fsp3) is 0.214. The van der Waals surface area contributed by atoms with E-state index in [2.05, 4.69) is 11.4 Å². The highest BCUT2D eigenvalue weighted by Crippen LogP contribution is 2.19. The van der Waals surface area contributed by atoms with Crippen molar-refractivity contribution >= 4 is 0 Å². The van der Waals surface area contributed by atoms with Gasteiger partial charge >= 0.3 is 0 Å². The summed E-state index contributed by atoms with van der Waals surface area (Å²) < 4.78 is 10.3. The summed E-state index contributed by atoms with van der Waals surface area (Å²) in [5.41, 5.74) is 2.70. The fourth-order valence-electron chi connectivity index (χ4n) is 1.72. The van der Waals surface area contributed by atoms with Crippen LogP contribution in [-0.4, -0.2) is 7.11 Å². The number of nitrogens with one attached hydrogen (secondary N) is 1. The number of hydrogen-bond donors (Lipinski definition) is 1. The third-order valence-corrected chi connectivity index (χ3v) is 2.63.